The Bertz CT molecular complexity index is 463. The number of nitrogens with two attached hydrogens (primary N) is 1. The summed E-state index contributed by atoms with van der Waals surface area (Å²) in [6.45, 7) is 6.53. The van der Waals surface area contributed by atoms with Crippen molar-refractivity contribution in [3.63, 3.8) is 0 Å². The lowest BCUT2D eigenvalue weighted by molar-refractivity contribution is 0.629. The van der Waals surface area contributed by atoms with Gasteiger partial charge in [0.2, 0.25) is 0 Å². The van der Waals surface area contributed by atoms with Crippen LogP contribution in [0.3, 0.4) is 0 Å². The first kappa shape index (κ1) is 10.8. The monoisotopic (exact) mass is 232 g/mol. The number of hydrogen-bond acceptors (Lipinski definition) is 4. The van der Waals surface area contributed by atoms with Gasteiger partial charge in [-0.3, -0.25) is 0 Å². The maximum Gasteiger partial charge on any atom is 0.136 e. The smallest absolute Gasteiger partial charge is 0.136 e. The lowest BCUT2D eigenvalue weighted by Crippen LogP contribution is -2.14. The molecule has 4 nitrogen and oxygen atoms in total. The zero-order valence-electron chi connectivity index (χ0n) is 10.7. The van der Waals surface area contributed by atoms with Gasteiger partial charge in [-0.25, -0.2) is 9.97 Å². The van der Waals surface area contributed by atoms with E-state index in [9.17, 15) is 0 Å². The molecule has 2 fully saturated rings. The van der Waals surface area contributed by atoms with Gasteiger partial charge in [-0.15, -0.1) is 0 Å². The van der Waals surface area contributed by atoms with E-state index in [1.807, 2.05) is 6.92 Å². The Labute approximate surface area is 102 Å². The zero-order valence-corrected chi connectivity index (χ0v) is 10.7. The Balaban J connectivity index is 1.86. The molecule has 0 radical (unpaired) electrons. The summed E-state index contributed by atoms with van der Waals surface area (Å²) in [6, 6.07) is 0.530. The molecule has 0 aliphatic heterocycles. The summed E-state index contributed by atoms with van der Waals surface area (Å²) in [7, 11) is 0. The minimum atomic E-state index is 0.395. The zero-order chi connectivity index (χ0) is 12.2. The molecule has 1 aromatic heterocycles. The molecular weight excluding hydrogens is 212 g/mol. The summed E-state index contributed by atoms with van der Waals surface area (Å²) in [4.78, 5) is 9.02. The number of nitrogens with zero attached hydrogens (tertiary/aromatic N) is 2. The minimum absolute atomic E-state index is 0.395. The highest BCUT2D eigenvalue weighted by molar-refractivity contribution is 5.56. The van der Waals surface area contributed by atoms with Crippen molar-refractivity contribution in [1.29, 1.82) is 0 Å². The molecule has 4 heteroatoms. The SMILES string of the molecule is Cc1c(N)nc(C2CC2)nc1NC1CC1(C)C. The Morgan fingerprint density at radius 3 is 2.47 bits per heavy atom. The first-order valence-electron chi connectivity index (χ1n) is 6.38. The Morgan fingerprint density at radius 1 is 1.29 bits per heavy atom. The summed E-state index contributed by atoms with van der Waals surface area (Å²) in [5.74, 6) is 3.04. The van der Waals surface area contributed by atoms with Gasteiger partial charge < -0.3 is 11.1 Å². The first-order chi connectivity index (χ1) is 7.97. The number of nitrogen functional groups attached to an aromatic ring is 1. The Morgan fingerprint density at radius 2 is 1.94 bits per heavy atom. The van der Waals surface area contributed by atoms with E-state index >= 15 is 0 Å². The number of anilines is 2. The van der Waals surface area contributed by atoms with Gasteiger partial charge in [0.1, 0.15) is 17.5 Å². The maximum atomic E-state index is 5.96. The van der Waals surface area contributed by atoms with E-state index in [1.165, 1.54) is 19.3 Å². The van der Waals surface area contributed by atoms with Crippen LogP contribution >= 0.6 is 0 Å². The van der Waals surface area contributed by atoms with E-state index in [1.54, 1.807) is 0 Å². The molecule has 1 unspecified atom stereocenters. The number of nitrogens with one attached hydrogen (secondary N) is 1. The van der Waals surface area contributed by atoms with Crippen molar-refractivity contribution in [3.05, 3.63) is 11.4 Å². The minimum Gasteiger partial charge on any atom is -0.383 e. The predicted octanol–water partition coefficient (Wildman–Crippen LogP) is 2.46. The van der Waals surface area contributed by atoms with Crippen molar-refractivity contribution in [3.8, 4) is 0 Å². The summed E-state index contributed by atoms with van der Waals surface area (Å²) in [5.41, 5.74) is 7.34. The fraction of sp³-hybridized carbons (Fsp3) is 0.692. The number of rotatable bonds is 3. The van der Waals surface area contributed by atoms with Gasteiger partial charge in [0.05, 0.1) is 0 Å². The largest absolute Gasteiger partial charge is 0.383 e. The van der Waals surface area contributed by atoms with Crippen molar-refractivity contribution in [2.45, 2.75) is 52.0 Å². The van der Waals surface area contributed by atoms with E-state index in [0.717, 1.165) is 17.2 Å². The molecule has 1 aromatic rings. The molecule has 1 atom stereocenters. The molecule has 1 heterocycles. The third-order valence-corrected chi connectivity index (χ3v) is 3.97. The van der Waals surface area contributed by atoms with Crippen LogP contribution in [0.1, 0.15) is 50.4 Å². The van der Waals surface area contributed by atoms with Crippen molar-refractivity contribution in [2.24, 2.45) is 5.41 Å². The van der Waals surface area contributed by atoms with Gasteiger partial charge in [-0.1, -0.05) is 13.8 Å². The first-order valence-corrected chi connectivity index (χ1v) is 6.38. The van der Waals surface area contributed by atoms with Crippen molar-refractivity contribution in [2.75, 3.05) is 11.1 Å². The van der Waals surface area contributed by atoms with Crippen molar-refractivity contribution < 1.29 is 0 Å². The second kappa shape index (κ2) is 3.34. The van der Waals surface area contributed by atoms with Crippen LogP contribution in [-0.2, 0) is 0 Å². The normalized spacial score (nSPS) is 25.7. The Kier molecular flexibility index (Phi) is 2.12. The molecule has 17 heavy (non-hydrogen) atoms. The fourth-order valence-corrected chi connectivity index (χ4v) is 2.10. The standard InChI is InChI=1S/C13H20N4/c1-7-10(14)16-12(8-4-5-8)17-11(7)15-9-6-13(9,2)3/h8-9H,4-6H2,1-3H3,(H3,14,15,16,17). The van der Waals surface area contributed by atoms with E-state index in [4.69, 9.17) is 5.73 Å². The maximum absolute atomic E-state index is 5.96. The molecule has 0 amide bonds. The van der Waals surface area contributed by atoms with Crippen LogP contribution in [0.4, 0.5) is 11.6 Å². The molecule has 0 spiro atoms. The molecule has 0 saturated heterocycles. The molecule has 92 valence electrons. The molecule has 2 aliphatic carbocycles. The van der Waals surface area contributed by atoms with Crippen LogP contribution in [0.5, 0.6) is 0 Å². The van der Waals surface area contributed by atoms with Crippen LogP contribution in [0.25, 0.3) is 0 Å². The number of aromatic nitrogens is 2. The third-order valence-electron chi connectivity index (χ3n) is 3.97. The predicted molar refractivity (Wildman–Crippen MR) is 69.0 cm³/mol. The third kappa shape index (κ3) is 1.96. The highest BCUT2D eigenvalue weighted by Gasteiger charge is 2.46. The van der Waals surface area contributed by atoms with Crippen LogP contribution in [-0.4, -0.2) is 16.0 Å². The van der Waals surface area contributed by atoms with Gasteiger partial charge in [0, 0.05) is 17.5 Å². The van der Waals surface area contributed by atoms with Gasteiger partial charge in [-0.2, -0.15) is 0 Å². The van der Waals surface area contributed by atoms with Crippen LogP contribution in [0, 0.1) is 12.3 Å². The quantitative estimate of drug-likeness (QED) is 0.840. The summed E-state index contributed by atoms with van der Waals surface area (Å²) in [6.07, 6.45) is 3.61. The van der Waals surface area contributed by atoms with Crippen molar-refractivity contribution in [1.82, 2.24) is 9.97 Å². The lowest BCUT2D eigenvalue weighted by Gasteiger charge is -2.12. The highest BCUT2D eigenvalue weighted by atomic mass is 15.1. The second-order valence-electron chi connectivity index (χ2n) is 6.10. The van der Waals surface area contributed by atoms with Crippen LogP contribution in [0.2, 0.25) is 0 Å². The van der Waals surface area contributed by atoms with E-state index in [2.05, 4.69) is 29.1 Å². The van der Waals surface area contributed by atoms with E-state index < -0.39 is 0 Å². The number of hydrogen-bond donors (Lipinski definition) is 2. The molecular formula is C13H20N4. The molecule has 3 rings (SSSR count). The second-order valence-corrected chi connectivity index (χ2v) is 6.10. The molecule has 0 aromatic carbocycles. The van der Waals surface area contributed by atoms with Gasteiger partial charge in [0.25, 0.3) is 0 Å². The average molecular weight is 232 g/mol. The van der Waals surface area contributed by atoms with Crippen LogP contribution in [0.15, 0.2) is 0 Å². The van der Waals surface area contributed by atoms with Gasteiger partial charge in [-0.05, 0) is 31.6 Å². The summed E-state index contributed by atoms with van der Waals surface area (Å²) in [5, 5.41) is 3.51. The molecule has 0 bridgehead atoms. The fourth-order valence-electron chi connectivity index (χ4n) is 2.10. The van der Waals surface area contributed by atoms with E-state index in [0.29, 0.717) is 23.2 Å². The summed E-state index contributed by atoms with van der Waals surface area (Å²) >= 11 is 0. The topological polar surface area (TPSA) is 63.8 Å². The molecule has 2 saturated carbocycles. The average Bonchev–Trinajstić information content (AvgIpc) is 3.12. The lowest BCUT2D eigenvalue weighted by atomic mass is 10.2. The highest BCUT2D eigenvalue weighted by Crippen LogP contribution is 2.47. The Hall–Kier alpha value is -1.32. The summed E-state index contributed by atoms with van der Waals surface area (Å²) < 4.78 is 0. The van der Waals surface area contributed by atoms with Crippen LogP contribution < -0.4 is 11.1 Å². The molecule has 3 N–H and O–H groups in total. The van der Waals surface area contributed by atoms with Gasteiger partial charge in [0.15, 0.2) is 0 Å². The van der Waals surface area contributed by atoms with Gasteiger partial charge >= 0.3 is 0 Å². The molecule has 2 aliphatic rings. The van der Waals surface area contributed by atoms with E-state index in [-0.39, 0.29) is 0 Å². The van der Waals surface area contributed by atoms with Crippen molar-refractivity contribution >= 4 is 11.6 Å².